The van der Waals surface area contributed by atoms with Crippen LogP contribution in [0.4, 0.5) is 0 Å². The first-order valence-electron chi connectivity index (χ1n) is 19.0. The van der Waals surface area contributed by atoms with E-state index in [2.05, 4.69) is 20.8 Å². The van der Waals surface area contributed by atoms with Crippen LogP contribution in [0.1, 0.15) is 99.3 Å². The Kier molecular flexibility index (Phi) is 13.5. The van der Waals surface area contributed by atoms with Crippen molar-refractivity contribution in [2.75, 3.05) is 46.0 Å². The zero-order chi connectivity index (χ0) is 34.4. The summed E-state index contributed by atoms with van der Waals surface area (Å²) in [5.41, 5.74) is 0.135. The summed E-state index contributed by atoms with van der Waals surface area (Å²) in [5.74, 6) is 2.88. The molecule has 8 nitrogen and oxygen atoms in total. The van der Waals surface area contributed by atoms with E-state index in [1.54, 1.807) is 24.3 Å². The van der Waals surface area contributed by atoms with E-state index in [4.69, 9.17) is 28.4 Å². The van der Waals surface area contributed by atoms with E-state index in [1.807, 2.05) is 26.8 Å². The number of ether oxygens (including phenoxy) is 6. The lowest BCUT2D eigenvalue weighted by Crippen LogP contribution is -2.63. The van der Waals surface area contributed by atoms with Gasteiger partial charge in [0, 0.05) is 25.2 Å². The van der Waals surface area contributed by atoms with Gasteiger partial charge in [0.15, 0.2) is 9.84 Å². The first-order chi connectivity index (χ1) is 23.1. The fourth-order valence-corrected chi connectivity index (χ4v) is 12.2. The summed E-state index contributed by atoms with van der Waals surface area (Å²) in [5, 5.41) is 0. The van der Waals surface area contributed by atoms with Crippen LogP contribution < -0.4 is 0 Å². The molecule has 4 aliphatic rings. The maximum atomic E-state index is 13.1. The molecular formula is C39H64O8S. The van der Waals surface area contributed by atoms with Crippen LogP contribution in [-0.2, 0) is 38.3 Å². The van der Waals surface area contributed by atoms with Gasteiger partial charge in [0.05, 0.1) is 29.0 Å². The molecule has 274 valence electrons. The summed E-state index contributed by atoms with van der Waals surface area (Å²) >= 11 is 0. The van der Waals surface area contributed by atoms with Gasteiger partial charge >= 0.3 is 0 Å². The molecule has 4 aliphatic carbocycles. The molecule has 4 fully saturated rings. The fourth-order valence-electron chi connectivity index (χ4n) is 10.8. The number of hydrogen-bond acceptors (Lipinski definition) is 8. The van der Waals surface area contributed by atoms with Crippen molar-refractivity contribution in [1.82, 2.24) is 0 Å². The van der Waals surface area contributed by atoms with Gasteiger partial charge in [-0.1, -0.05) is 39.0 Å². The molecule has 5 rings (SSSR count). The molecule has 0 aliphatic heterocycles. The van der Waals surface area contributed by atoms with Crippen LogP contribution in [0.3, 0.4) is 0 Å². The van der Waals surface area contributed by atoms with Crippen LogP contribution in [0, 0.1) is 46.3 Å². The van der Waals surface area contributed by atoms with Crippen molar-refractivity contribution in [1.29, 1.82) is 0 Å². The topological polar surface area (TPSA) is 89.5 Å². The molecule has 0 heterocycles. The molecule has 0 radical (unpaired) electrons. The maximum Gasteiger partial charge on any atom is 0.178 e. The van der Waals surface area contributed by atoms with E-state index in [9.17, 15) is 8.42 Å². The van der Waals surface area contributed by atoms with Crippen LogP contribution in [0.2, 0.25) is 0 Å². The third-order valence-electron chi connectivity index (χ3n) is 13.3. The number of sulfone groups is 1. The highest BCUT2D eigenvalue weighted by Gasteiger charge is 2.66. The summed E-state index contributed by atoms with van der Waals surface area (Å²) in [6.07, 6.45) is 9.56. The Balaban J connectivity index is 1.38. The van der Waals surface area contributed by atoms with Crippen LogP contribution in [0.5, 0.6) is 0 Å². The fraction of sp³-hybridized carbons (Fsp3) is 0.846. The van der Waals surface area contributed by atoms with Gasteiger partial charge in [-0.15, -0.1) is 0 Å². The molecule has 48 heavy (non-hydrogen) atoms. The van der Waals surface area contributed by atoms with E-state index in [0.717, 1.165) is 51.4 Å². The maximum absolute atomic E-state index is 13.1. The molecule has 0 N–H and O–H groups in total. The molecule has 0 aromatic heterocycles. The Labute approximate surface area is 291 Å². The van der Waals surface area contributed by atoms with Crippen LogP contribution in [0.15, 0.2) is 35.2 Å². The third kappa shape index (κ3) is 8.03. The molecule has 0 amide bonds. The summed E-state index contributed by atoms with van der Waals surface area (Å²) in [6.45, 7) is 16.4. The first kappa shape index (κ1) is 38.2. The quantitative estimate of drug-likeness (QED) is 0.113. The smallest absolute Gasteiger partial charge is 0.178 e. The average Bonchev–Trinajstić information content (AvgIpc) is 3.44. The highest BCUT2D eigenvalue weighted by atomic mass is 32.2. The normalized spacial score (nSPS) is 37.0. The number of benzene rings is 1. The van der Waals surface area contributed by atoms with Gasteiger partial charge in [-0.05, 0) is 132 Å². The van der Waals surface area contributed by atoms with Crippen molar-refractivity contribution in [2.24, 2.45) is 46.3 Å². The number of hydrogen-bond donors (Lipinski definition) is 0. The summed E-state index contributed by atoms with van der Waals surface area (Å²) in [7, 11) is -3.29. The van der Waals surface area contributed by atoms with Gasteiger partial charge < -0.3 is 28.4 Å². The zero-order valence-corrected chi connectivity index (χ0v) is 31.4. The largest absolute Gasteiger partial charge is 0.356 e. The second-order valence-electron chi connectivity index (χ2n) is 15.5. The predicted molar refractivity (Wildman–Crippen MR) is 187 cm³/mol. The Hall–Kier alpha value is -1.07. The molecule has 11 atom stereocenters. The predicted octanol–water partition coefficient (Wildman–Crippen LogP) is 7.89. The summed E-state index contributed by atoms with van der Waals surface area (Å²) in [6, 6.07) is 8.88. The van der Waals surface area contributed by atoms with Crippen molar-refractivity contribution in [3.05, 3.63) is 30.3 Å². The van der Waals surface area contributed by atoms with Crippen LogP contribution >= 0.6 is 0 Å². The standard InChI is InChI=1S/C39H64O8S/c1-7-42-25-45-30-19-20-38(5)29(22-30)23-35(46-26-43-8-2)37-33-18-17-32(39(33,6)36(24-34(37)38)47-27-44-9-3)28(4)14-13-21-48(40,41)31-15-11-10-12-16-31/h10-12,15-16,28-30,32-37H,7-9,13-14,17-27H2,1-6H3/t28-,29+,30-,32-,33+,34+,35-,36+,37+,38+,39-/m1/s1. The van der Waals surface area contributed by atoms with Crippen molar-refractivity contribution in [3.63, 3.8) is 0 Å². The van der Waals surface area contributed by atoms with Crippen molar-refractivity contribution < 1.29 is 36.8 Å². The lowest BCUT2D eigenvalue weighted by Gasteiger charge is -2.64. The molecular weight excluding hydrogens is 628 g/mol. The molecule has 0 saturated heterocycles. The highest BCUT2D eigenvalue weighted by Crippen LogP contribution is 2.69. The lowest BCUT2D eigenvalue weighted by molar-refractivity contribution is -0.252. The SMILES string of the molecule is CCOCO[C@@H]1CC[C@@]2(C)[C@@H](C1)C[C@@H](OCOCC)[C@@H]1[C@@H]2C[C@H](OCOCC)[C@]2(C)[C@@H]([C@H](C)CCCS(=O)(=O)c3ccccc3)CC[C@@H]12. The monoisotopic (exact) mass is 692 g/mol. The molecule has 0 spiro atoms. The molecule has 1 aromatic rings. The minimum atomic E-state index is -3.29. The zero-order valence-electron chi connectivity index (χ0n) is 30.6. The van der Waals surface area contributed by atoms with E-state index in [1.165, 1.54) is 0 Å². The molecule has 0 unspecified atom stereocenters. The second kappa shape index (κ2) is 17.0. The number of fused-ring (bicyclic) bond motifs is 5. The van der Waals surface area contributed by atoms with Crippen LogP contribution in [-0.4, -0.2) is 72.7 Å². The van der Waals surface area contributed by atoms with Gasteiger partial charge in [-0.3, -0.25) is 0 Å². The van der Waals surface area contributed by atoms with E-state index >= 15 is 0 Å². The molecule has 9 heteroatoms. The van der Waals surface area contributed by atoms with Gasteiger partial charge in [-0.25, -0.2) is 8.42 Å². The first-order valence-corrected chi connectivity index (χ1v) is 20.6. The summed E-state index contributed by atoms with van der Waals surface area (Å²) < 4.78 is 63.1. The van der Waals surface area contributed by atoms with Crippen molar-refractivity contribution in [3.8, 4) is 0 Å². The van der Waals surface area contributed by atoms with E-state index < -0.39 is 9.84 Å². The average molecular weight is 693 g/mol. The van der Waals surface area contributed by atoms with Crippen LogP contribution in [0.25, 0.3) is 0 Å². The Morgan fingerprint density at radius 3 is 2.17 bits per heavy atom. The molecule has 1 aromatic carbocycles. The Bertz CT molecular complexity index is 1230. The lowest BCUT2D eigenvalue weighted by atomic mass is 9.43. The Morgan fingerprint density at radius 1 is 0.812 bits per heavy atom. The van der Waals surface area contributed by atoms with Crippen molar-refractivity contribution in [2.45, 2.75) is 123 Å². The minimum Gasteiger partial charge on any atom is -0.356 e. The van der Waals surface area contributed by atoms with Gasteiger partial charge in [0.1, 0.15) is 20.4 Å². The highest BCUT2D eigenvalue weighted by molar-refractivity contribution is 7.91. The number of rotatable bonds is 18. The molecule has 0 bridgehead atoms. The van der Waals surface area contributed by atoms with Gasteiger partial charge in [-0.2, -0.15) is 0 Å². The van der Waals surface area contributed by atoms with Gasteiger partial charge in [0.2, 0.25) is 0 Å². The Morgan fingerprint density at radius 2 is 1.48 bits per heavy atom. The second-order valence-corrected chi connectivity index (χ2v) is 17.6. The third-order valence-corrected chi connectivity index (χ3v) is 15.2. The van der Waals surface area contributed by atoms with Crippen molar-refractivity contribution >= 4 is 9.84 Å². The van der Waals surface area contributed by atoms with E-state index in [-0.39, 0.29) is 34.9 Å². The van der Waals surface area contributed by atoms with E-state index in [0.29, 0.717) is 87.0 Å². The minimum absolute atomic E-state index is 0.0514. The summed E-state index contributed by atoms with van der Waals surface area (Å²) in [4.78, 5) is 0.422. The van der Waals surface area contributed by atoms with Gasteiger partial charge in [0.25, 0.3) is 0 Å². The molecule has 4 saturated carbocycles.